The first-order chi connectivity index (χ1) is 21.1. The first kappa shape index (κ1) is 31.9. The lowest BCUT2D eigenvalue weighted by atomic mass is 10.1. The van der Waals surface area contributed by atoms with E-state index in [0.717, 1.165) is 20.7 Å². The number of anilines is 2. The number of nitrogens with zero attached hydrogens (tertiary/aromatic N) is 1. The maximum Gasteiger partial charge on any atom is 0.338 e. The average molecular weight is 707 g/mol. The largest absolute Gasteiger partial charge is 0.497 e. The van der Waals surface area contributed by atoms with Crippen LogP contribution >= 0.6 is 69.5 Å². The van der Waals surface area contributed by atoms with Gasteiger partial charge in [0.15, 0.2) is 5.13 Å². The van der Waals surface area contributed by atoms with Gasteiger partial charge < -0.3 is 20.5 Å². The quantitative estimate of drug-likeness (QED) is 0.0794. The highest BCUT2D eigenvalue weighted by molar-refractivity contribution is 8.00. The molecule has 0 fully saturated rings. The zero-order chi connectivity index (χ0) is 31.5. The maximum atomic E-state index is 13.5. The number of methoxy groups -OCH3 is 1. The molecule has 4 aromatic carbocycles. The highest BCUT2D eigenvalue weighted by Gasteiger charge is 2.29. The molecule has 44 heavy (non-hydrogen) atoms. The number of carbonyl (C=O) groups excluding carboxylic acids is 2. The molecule has 3 N–H and O–H groups in total. The van der Waals surface area contributed by atoms with Crippen LogP contribution in [0, 0.1) is 0 Å². The summed E-state index contributed by atoms with van der Waals surface area (Å²) in [5.74, 6) is -1.91. The van der Waals surface area contributed by atoms with Gasteiger partial charge in [0.05, 0.1) is 48.5 Å². The van der Waals surface area contributed by atoms with Gasteiger partial charge in [-0.2, -0.15) is 0 Å². The Kier molecular flexibility index (Phi) is 9.89. The van der Waals surface area contributed by atoms with E-state index < -0.39 is 33.3 Å². The average Bonchev–Trinajstić information content (AvgIpc) is 3.42. The fourth-order valence-electron chi connectivity index (χ4n) is 4.15. The molecule has 0 aliphatic rings. The number of aromatic nitrogens is 1. The number of thioether (sulfide) groups is 1. The second kappa shape index (κ2) is 13.6. The molecule has 5 aromatic rings. The number of fused-ring (bicyclic) bond motifs is 1. The molecule has 0 saturated heterocycles. The Bertz CT molecular complexity index is 1900. The van der Waals surface area contributed by atoms with Crippen molar-refractivity contribution in [1.29, 1.82) is 0 Å². The molecule has 0 spiro atoms. The van der Waals surface area contributed by atoms with Crippen LogP contribution in [0.5, 0.6) is 5.75 Å². The van der Waals surface area contributed by atoms with E-state index in [4.69, 9.17) is 51.1 Å². The van der Waals surface area contributed by atoms with Gasteiger partial charge in [0, 0.05) is 10.6 Å². The van der Waals surface area contributed by atoms with Crippen molar-refractivity contribution in [2.24, 2.45) is 0 Å². The number of aromatic carboxylic acids is 1. The SMILES string of the molecule is COc1ccc2nc(NC(=O)C(Sc3ccc(NC(=O)c4c(Cl)c(Cl)c(Cl)c(Cl)c4C(=O)O)cc3)c3ccccc3)sc2c1. The Hall–Kier alpha value is -3.51. The third-order valence-corrected chi connectivity index (χ3v) is 10.2. The molecular formula is C30H19Cl4N3O5S2. The van der Waals surface area contributed by atoms with Gasteiger partial charge in [0.25, 0.3) is 5.91 Å². The van der Waals surface area contributed by atoms with E-state index in [1.807, 2.05) is 48.5 Å². The topological polar surface area (TPSA) is 118 Å². The van der Waals surface area contributed by atoms with Gasteiger partial charge in [0.2, 0.25) is 5.91 Å². The number of halogens is 4. The monoisotopic (exact) mass is 705 g/mol. The van der Waals surface area contributed by atoms with E-state index in [1.165, 1.54) is 23.1 Å². The van der Waals surface area contributed by atoms with Crippen LogP contribution in [0.4, 0.5) is 10.8 Å². The summed E-state index contributed by atoms with van der Waals surface area (Å²) in [6, 6.07) is 21.4. The number of rotatable bonds is 9. The first-order valence-corrected chi connectivity index (χ1v) is 15.8. The number of nitrogens with one attached hydrogen (secondary N) is 2. The third kappa shape index (κ3) is 6.76. The van der Waals surface area contributed by atoms with Crippen molar-refractivity contribution in [3.05, 3.63) is 110 Å². The first-order valence-electron chi connectivity index (χ1n) is 12.5. The number of carboxylic acids is 1. The van der Waals surface area contributed by atoms with Crippen molar-refractivity contribution >= 4 is 108 Å². The van der Waals surface area contributed by atoms with Gasteiger partial charge >= 0.3 is 5.97 Å². The molecule has 1 aromatic heterocycles. The highest BCUT2D eigenvalue weighted by Crippen LogP contribution is 2.42. The van der Waals surface area contributed by atoms with Gasteiger partial charge in [0.1, 0.15) is 11.0 Å². The van der Waals surface area contributed by atoms with Crippen molar-refractivity contribution in [3.63, 3.8) is 0 Å². The summed E-state index contributed by atoms with van der Waals surface area (Å²) in [5.41, 5.74) is 0.862. The van der Waals surface area contributed by atoms with Gasteiger partial charge in [-0.1, -0.05) is 88.1 Å². The van der Waals surface area contributed by atoms with Crippen molar-refractivity contribution in [2.45, 2.75) is 10.1 Å². The molecule has 1 unspecified atom stereocenters. The molecule has 0 radical (unpaired) electrons. The summed E-state index contributed by atoms with van der Waals surface area (Å²) < 4.78 is 6.16. The number of thiazole rings is 1. The van der Waals surface area contributed by atoms with Crippen molar-refractivity contribution in [1.82, 2.24) is 4.98 Å². The Labute approximate surface area is 279 Å². The van der Waals surface area contributed by atoms with Crippen LogP contribution in [0.1, 0.15) is 31.5 Å². The zero-order valence-corrected chi connectivity index (χ0v) is 27.0. The van der Waals surface area contributed by atoms with Crippen molar-refractivity contribution in [2.75, 3.05) is 17.7 Å². The Morgan fingerprint density at radius 1 is 0.864 bits per heavy atom. The molecule has 8 nitrogen and oxygen atoms in total. The molecular weight excluding hydrogens is 688 g/mol. The molecule has 0 aliphatic heterocycles. The van der Waals surface area contributed by atoms with Crippen LogP contribution in [-0.2, 0) is 4.79 Å². The van der Waals surface area contributed by atoms with Gasteiger partial charge in [-0.15, -0.1) is 11.8 Å². The highest BCUT2D eigenvalue weighted by atomic mass is 35.5. The molecule has 0 saturated carbocycles. The predicted molar refractivity (Wildman–Crippen MR) is 178 cm³/mol. The lowest BCUT2D eigenvalue weighted by Gasteiger charge is -2.17. The molecule has 224 valence electrons. The lowest BCUT2D eigenvalue weighted by molar-refractivity contribution is -0.115. The minimum Gasteiger partial charge on any atom is -0.497 e. The summed E-state index contributed by atoms with van der Waals surface area (Å²) in [6.45, 7) is 0. The molecule has 1 atom stereocenters. The minimum absolute atomic E-state index is 0.240. The summed E-state index contributed by atoms with van der Waals surface area (Å²) in [4.78, 5) is 43.7. The smallest absolute Gasteiger partial charge is 0.338 e. The van der Waals surface area contributed by atoms with Crippen LogP contribution in [0.3, 0.4) is 0 Å². The van der Waals surface area contributed by atoms with Crippen LogP contribution in [0.25, 0.3) is 10.2 Å². The molecule has 14 heteroatoms. The molecule has 0 aliphatic carbocycles. The zero-order valence-electron chi connectivity index (χ0n) is 22.4. The standard InChI is InChI=1S/C30H19Cl4N3O5S2/c1-42-16-9-12-18-19(13-16)44-30(36-18)37-28(39)26(14-5-3-2-4-6-14)43-17-10-7-15(8-11-17)35-27(38)20-21(29(40)41)23(32)25(34)24(33)22(20)31/h2-13,26H,1H3,(H,35,38)(H,40,41)(H,36,37,39). The Morgan fingerprint density at radius 3 is 2.16 bits per heavy atom. The van der Waals surface area contributed by atoms with Gasteiger partial charge in [-0.3, -0.25) is 9.59 Å². The lowest BCUT2D eigenvalue weighted by Crippen LogP contribution is -2.19. The van der Waals surface area contributed by atoms with E-state index in [0.29, 0.717) is 16.6 Å². The van der Waals surface area contributed by atoms with E-state index in [2.05, 4.69) is 15.6 Å². The molecule has 5 rings (SSSR count). The molecule has 0 bridgehead atoms. The van der Waals surface area contributed by atoms with Gasteiger partial charge in [-0.05, 0) is 48.0 Å². The molecule has 1 heterocycles. The van der Waals surface area contributed by atoms with E-state index >= 15 is 0 Å². The maximum absolute atomic E-state index is 13.5. The normalized spacial score (nSPS) is 11.7. The van der Waals surface area contributed by atoms with Crippen LogP contribution in [0.15, 0.2) is 77.7 Å². The molecule has 2 amide bonds. The van der Waals surface area contributed by atoms with Crippen LogP contribution in [0.2, 0.25) is 20.1 Å². The third-order valence-electron chi connectivity index (χ3n) is 6.24. The fraction of sp³-hybridized carbons (Fsp3) is 0.0667. The van der Waals surface area contributed by atoms with Gasteiger partial charge in [-0.25, -0.2) is 9.78 Å². The van der Waals surface area contributed by atoms with E-state index in [1.54, 1.807) is 31.4 Å². The number of hydrogen-bond acceptors (Lipinski definition) is 7. The number of carboxylic acid groups (broad SMARTS) is 1. The summed E-state index contributed by atoms with van der Waals surface area (Å²) in [6.07, 6.45) is 0. The van der Waals surface area contributed by atoms with E-state index in [9.17, 15) is 19.5 Å². The fourth-order valence-corrected chi connectivity index (χ4v) is 7.09. The summed E-state index contributed by atoms with van der Waals surface area (Å²) >= 11 is 27.0. The number of carbonyl (C=O) groups is 3. The van der Waals surface area contributed by atoms with Crippen molar-refractivity contribution in [3.8, 4) is 5.75 Å². The van der Waals surface area contributed by atoms with E-state index in [-0.39, 0.29) is 21.0 Å². The van der Waals surface area contributed by atoms with Crippen LogP contribution in [-0.4, -0.2) is 35.0 Å². The predicted octanol–water partition coefficient (Wildman–Crippen LogP) is 9.34. The second-order valence-electron chi connectivity index (χ2n) is 9.04. The Balaban J connectivity index is 1.36. The second-order valence-corrected chi connectivity index (χ2v) is 12.8. The summed E-state index contributed by atoms with van der Waals surface area (Å²) in [7, 11) is 1.59. The number of amides is 2. The van der Waals surface area contributed by atoms with Crippen molar-refractivity contribution < 1.29 is 24.2 Å². The minimum atomic E-state index is -1.50. The number of benzene rings is 4. The number of hydrogen-bond donors (Lipinski definition) is 3. The number of ether oxygens (including phenoxy) is 1. The van der Waals surface area contributed by atoms with Crippen LogP contribution < -0.4 is 15.4 Å². The summed E-state index contributed by atoms with van der Waals surface area (Å²) in [5, 5.41) is 13.8. The Morgan fingerprint density at radius 2 is 1.52 bits per heavy atom.